The zero-order valence-electron chi connectivity index (χ0n) is 9.15. The lowest BCUT2D eigenvalue weighted by Gasteiger charge is -2.03. The SMILES string of the molecule is O=C(NCCc1ccc(Br)cc1)c1ccco1. The third-order valence-corrected chi connectivity index (χ3v) is 2.89. The van der Waals surface area contributed by atoms with Crippen LogP contribution < -0.4 is 5.32 Å². The summed E-state index contributed by atoms with van der Waals surface area (Å²) in [6.07, 6.45) is 2.30. The van der Waals surface area contributed by atoms with Gasteiger partial charge in [-0.25, -0.2) is 0 Å². The van der Waals surface area contributed by atoms with Gasteiger partial charge in [0.1, 0.15) is 0 Å². The molecule has 0 saturated heterocycles. The fourth-order valence-electron chi connectivity index (χ4n) is 1.47. The summed E-state index contributed by atoms with van der Waals surface area (Å²) < 4.78 is 6.05. The molecule has 0 atom stereocenters. The van der Waals surface area contributed by atoms with Gasteiger partial charge in [-0.05, 0) is 36.2 Å². The number of carbonyl (C=O) groups excluding carboxylic acids is 1. The molecule has 4 heteroatoms. The Morgan fingerprint density at radius 1 is 1.24 bits per heavy atom. The summed E-state index contributed by atoms with van der Waals surface area (Å²) in [6.45, 7) is 0.598. The van der Waals surface area contributed by atoms with Crippen molar-refractivity contribution in [2.75, 3.05) is 6.54 Å². The molecular weight excluding hydrogens is 282 g/mol. The molecule has 1 amide bonds. The Hall–Kier alpha value is -1.55. The van der Waals surface area contributed by atoms with E-state index in [1.807, 2.05) is 24.3 Å². The molecule has 3 nitrogen and oxygen atoms in total. The molecule has 0 aliphatic rings. The fourth-order valence-corrected chi connectivity index (χ4v) is 1.73. The average molecular weight is 294 g/mol. The molecule has 0 unspecified atom stereocenters. The highest BCUT2D eigenvalue weighted by Crippen LogP contribution is 2.10. The first-order valence-corrected chi connectivity index (χ1v) is 6.11. The maximum Gasteiger partial charge on any atom is 0.286 e. The van der Waals surface area contributed by atoms with E-state index >= 15 is 0 Å². The normalized spacial score (nSPS) is 10.2. The fraction of sp³-hybridized carbons (Fsp3) is 0.154. The van der Waals surface area contributed by atoms with E-state index in [1.54, 1.807) is 12.1 Å². The molecule has 1 aromatic heterocycles. The van der Waals surface area contributed by atoms with Crippen LogP contribution in [-0.4, -0.2) is 12.5 Å². The Morgan fingerprint density at radius 3 is 2.65 bits per heavy atom. The molecule has 17 heavy (non-hydrogen) atoms. The van der Waals surface area contributed by atoms with Gasteiger partial charge in [-0.15, -0.1) is 0 Å². The third kappa shape index (κ3) is 3.46. The zero-order chi connectivity index (χ0) is 12.1. The minimum absolute atomic E-state index is 0.174. The van der Waals surface area contributed by atoms with Crippen LogP contribution in [0, 0.1) is 0 Å². The molecule has 0 aliphatic carbocycles. The van der Waals surface area contributed by atoms with Crippen LogP contribution in [0.2, 0.25) is 0 Å². The molecule has 0 fully saturated rings. The largest absolute Gasteiger partial charge is 0.459 e. The van der Waals surface area contributed by atoms with E-state index in [4.69, 9.17) is 4.42 Å². The quantitative estimate of drug-likeness (QED) is 0.942. The minimum atomic E-state index is -0.174. The molecule has 0 saturated carbocycles. The highest BCUT2D eigenvalue weighted by atomic mass is 79.9. The van der Waals surface area contributed by atoms with Gasteiger partial charge in [0.2, 0.25) is 0 Å². The van der Waals surface area contributed by atoms with Crippen molar-refractivity contribution < 1.29 is 9.21 Å². The smallest absolute Gasteiger partial charge is 0.286 e. The van der Waals surface area contributed by atoms with Crippen LogP contribution >= 0.6 is 15.9 Å². The van der Waals surface area contributed by atoms with Crippen molar-refractivity contribution in [1.29, 1.82) is 0 Å². The maximum atomic E-state index is 11.5. The predicted molar refractivity (Wildman–Crippen MR) is 68.9 cm³/mol. The minimum Gasteiger partial charge on any atom is -0.459 e. The number of halogens is 1. The summed E-state index contributed by atoms with van der Waals surface area (Å²) in [6, 6.07) is 11.4. The molecular formula is C13H12BrNO2. The number of amides is 1. The molecule has 88 valence electrons. The summed E-state index contributed by atoms with van der Waals surface area (Å²) in [7, 11) is 0. The first kappa shape index (κ1) is 11.9. The van der Waals surface area contributed by atoms with Crippen molar-refractivity contribution in [2.45, 2.75) is 6.42 Å². The lowest BCUT2D eigenvalue weighted by atomic mass is 10.1. The summed E-state index contributed by atoms with van der Waals surface area (Å²) in [4.78, 5) is 11.5. The number of nitrogens with one attached hydrogen (secondary N) is 1. The van der Waals surface area contributed by atoms with E-state index in [0.717, 1.165) is 10.9 Å². The second-order valence-corrected chi connectivity index (χ2v) is 4.53. The Morgan fingerprint density at radius 2 is 2.00 bits per heavy atom. The van der Waals surface area contributed by atoms with Gasteiger partial charge in [0.15, 0.2) is 5.76 Å². The van der Waals surface area contributed by atoms with E-state index < -0.39 is 0 Å². The van der Waals surface area contributed by atoms with Crippen molar-refractivity contribution in [3.05, 3.63) is 58.5 Å². The third-order valence-electron chi connectivity index (χ3n) is 2.36. The van der Waals surface area contributed by atoms with Crippen LogP contribution in [-0.2, 0) is 6.42 Å². The maximum absolute atomic E-state index is 11.5. The van der Waals surface area contributed by atoms with Crippen LogP contribution in [0.4, 0.5) is 0 Å². The molecule has 1 heterocycles. The molecule has 1 N–H and O–H groups in total. The first-order chi connectivity index (χ1) is 8.25. The Balaban J connectivity index is 1.80. The number of rotatable bonds is 4. The molecule has 2 aromatic rings. The molecule has 0 aliphatic heterocycles. The molecule has 0 bridgehead atoms. The molecule has 1 aromatic carbocycles. The zero-order valence-corrected chi connectivity index (χ0v) is 10.7. The number of hydrogen-bond acceptors (Lipinski definition) is 2. The van der Waals surface area contributed by atoms with Gasteiger partial charge in [0, 0.05) is 11.0 Å². The van der Waals surface area contributed by atoms with Gasteiger partial charge in [0.25, 0.3) is 5.91 Å². The number of hydrogen-bond donors (Lipinski definition) is 1. The summed E-state index contributed by atoms with van der Waals surface area (Å²) in [5.74, 6) is 0.174. The molecule has 2 rings (SSSR count). The van der Waals surface area contributed by atoms with Gasteiger partial charge >= 0.3 is 0 Å². The van der Waals surface area contributed by atoms with E-state index in [1.165, 1.54) is 11.8 Å². The second-order valence-electron chi connectivity index (χ2n) is 3.61. The lowest BCUT2D eigenvalue weighted by molar-refractivity contribution is 0.0926. The summed E-state index contributed by atoms with van der Waals surface area (Å²) in [5.41, 5.74) is 1.19. The van der Waals surface area contributed by atoms with Crippen molar-refractivity contribution in [1.82, 2.24) is 5.32 Å². The van der Waals surface area contributed by atoms with Gasteiger partial charge in [-0.1, -0.05) is 28.1 Å². The number of carbonyl (C=O) groups is 1. The Labute approximate surface area is 108 Å². The monoisotopic (exact) mass is 293 g/mol. The van der Waals surface area contributed by atoms with Crippen LogP contribution in [0.1, 0.15) is 16.1 Å². The standard InChI is InChI=1S/C13H12BrNO2/c14-11-5-3-10(4-6-11)7-8-15-13(16)12-2-1-9-17-12/h1-6,9H,7-8H2,(H,15,16). The average Bonchev–Trinajstić information content (AvgIpc) is 2.85. The van der Waals surface area contributed by atoms with Gasteiger partial charge in [-0.2, -0.15) is 0 Å². The second kappa shape index (κ2) is 5.68. The number of benzene rings is 1. The van der Waals surface area contributed by atoms with Gasteiger partial charge in [-0.3, -0.25) is 4.79 Å². The van der Waals surface area contributed by atoms with Crippen molar-refractivity contribution in [3.8, 4) is 0 Å². The van der Waals surface area contributed by atoms with E-state index in [0.29, 0.717) is 12.3 Å². The van der Waals surface area contributed by atoms with Crippen LogP contribution in [0.25, 0.3) is 0 Å². The van der Waals surface area contributed by atoms with Crippen molar-refractivity contribution >= 4 is 21.8 Å². The van der Waals surface area contributed by atoms with E-state index in [-0.39, 0.29) is 5.91 Å². The predicted octanol–water partition coefficient (Wildman–Crippen LogP) is 3.01. The van der Waals surface area contributed by atoms with Crippen LogP contribution in [0.15, 0.2) is 51.6 Å². The van der Waals surface area contributed by atoms with Crippen molar-refractivity contribution in [2.24, 2.45) is 0 Å². The van der Waals surface area contributed by atoms with E-state index in [2.05, 4.69) is 21.2 Å². The molecule has 0 radical (unpaired) electrons. The highest BCUT2D eigenvalue weighted by Gasteiger charge is 2.06. The number of furan rings is 1. The van der Waals surface area contributed by atoms with Gasteiger partial charge < -0.3 is 9.73 Å². The Bertz CT molecular complexity index is 477. The topological polar surface area (TPSA) is 42.2 Å². The lowest BCUT2D eigenvalue weighted by Crippen LogP contribution is -2.25. The summed E-state index contributed by atoms with van der Waals surface area (Å²) in [5, 5.41) is 2.80. The van der Waals surface area contributed by atoms with Crippen LogP contribution in [0.3, 0.4) is 0 Å². The van der Waals surface area contributed by atoms with Crippen molar-refractivity contribution in [3.63, 3.8) is 0 Å². The van der Waals surface area contributed by atoms with Crippen LogP contribution in [0.5, 0.6) is 0 Å². The first-order valence-electron chi connectivity index (χ1n) is 5.32. The summed E-state index contributed by atoms with van der Waals surface area (Å²) >= 11 is 3.38. The Kier molecular flexibility index (Phi) is 3.98. The van der Waals surface area contributed by atoms with Gasteiger partial charge in [0.05, 0.1) is 6.26 Å². The highest BCUT2D eigenvalue weighted by molar-refractivity contribution is 9.10. The van der Waals surface area contributed by atoms with E-state index in [9.17, 15) is 4.79 Å². The molecule has 0 spiro atoms.